The molecule has 0 aromatic heterocycles. The van der Waals surface area contributed by atoms with Crippen molar-refractivity contribution < 1.29 is 33.3 Å². The minimum absolute atomic E-state index is 0.00216. The monoisotopic (exact) mass is 526 g/mol. The lowest BCUT2D eigenvalue weighted by Crippen LogP contribution is -2.57. The van der Waals surface area contributed by atoms with E-state index in [1.165, 1.54) is 0 Å². The molecule has 2 atom stereocenters. The van der Waals surface area contributed by atoms with Crippen LogP contribution in [0.4, 0.5) is 4.79 Å². The maximum absolute atomic E-state index is 13.1. The molecule has 0 bridgehead atoms. The van der Waals surface area contributed by atoms with E-state index in [0.717, 1.165) is 11.1 Å². The topological polar surface area (TPSA) is 103 Å². The van der Waals surface area contributed by atoms with E-state index in [-0.39, 0.29) is 26.2 Å². The number of nitrogens with one attached hydrogen (secondary N) is 1. The van der Waals surface area contributed by atoms with Gasteiger partial charge in [0.2, 0.25) is 0 Å². The molecule has 1 fully saturated rings. The van der Waals surface area contributed by atoms with Gasteiger partial charge in [0.25, 0.3) is 0 Å². The third kappa shape index (κ3) is 7.95. The second kappa shape index (κ2) is 12.8. The van der Waals surface area contributed by atoms with Crippen molar-refractivity contribution in [3.63, 3.8) is 0 Å². The zero-order valence-corrected chi connectivity index (χ0v) is 22.8. The van der Waals surface area contributed by atoms with E-state index in [4.69, 9.17) is 18.9 Å². The quantitative estimate of drug-likeness (QED) is 0.362. The molecule has 9 nitrogen and oxygen atoms in total. The molecule has 1 amide bonds. The predicted octanol–water partition coefficient (Wildman–Crippen LogP) is 4.23. The fourth-order valence-electron chi connectivity index (χ4n) is 4.34. The summed E-state index contributed by atoms with van der Waals surface area (Å²) in [4.78, 5) is 40.6. The first-order chi connectivity index (χ1) is 18.0. The molecule has 206 valence electrons. The van der Waals surface area contributed by atoms with Crippen LogP contribution in [-0.2, 0) is 37.0 Å². The summed E-state index contributed by atoms with van der Waals surface area (Å²) >= 11 is 0. The van der Waals surface area contributed by atoms with E-state index in [2.05, 4.69) is 5.32 Å². The SMILES string of the molecule is CCOC(=O)C1CC(NC(=O)OC(C)(C)C)(C(=O)OCC)CN1Cc1ccc(OCc2ccccc2)cc1. The number of carbonyl (C=O) groups excluding carboxylic acids is 3. The number of hydrogen-bond acceptors (Lipinski definition) is 8. The van der Waals surface area contributed by atoms with E-state index in [0.29, 0.717) is 18.9 Å². The molecule has 2 unspecified atom stereocenters. The number of rotatable bonds is 10. The van der Waals surface area contributed by atoms with Crippen molar-refractivity contribution in [1.82, 2.24) is 10.2 Å². The third-order valence-electron chi connectivity index (χ3n) is 5.98. The summed E-state index contributed by atoms with van der Waals surface area (Å²) in [5, 5.41) is 2.71. The van der Waals surface area contributed by atoms with Crippen LogP contribution in [0.15, 0.2) is 54.6 Å². The summed E-state index contributed by atoms with van der Waals surface area (Å²) in [5.41, 5.74) is -0.251. The Kier molecular flexibility index (Phi) is 9.74. The number of ether oxygens (including phenoxy) is 4. The lowest BCUT2D eigenvalue weighted by molar-refractivity contribution is -0.150. The van der Waals surface area contributed by atoms with Crippen molar-refractivity contribution in [3.05, 3.63) is 65.7 Å². The fourth-order valence-corrected chi connectivity index (χ4v) is 4.34. The molecule has 0 aliphatic carbocycles. The van der Waals surface area contributed by atoms with E-state index in [9.17, 15) is 14.4 Å². The minimum Gasteiger partial charge on any atom is -0.489 e. The fraction of sp³-hybridized carbons (Fsp3) is 0.483. The van der Waals surface area contributed by atoms with Crippen molar-refractivity contribution >= 4 is 18.0 Å². The molecule has 0 spiro atoms. The Morgan fingerprint density at radius 1 is 0.947 bits per heavy atom. The number of alkyl carbamates (subject to hydrolysis) is 1. The summed E-state index contributed by atoms with van der Waals surface area (Å²) in [6, 6.07) is 16.7. The van der Waals surface area contributed by atoms with Gasteiger partial charge < -0.3 is 24.3 Å². The molecule has 2 aromatic carbocycles. The molecule has 0 radical (unpaired) electrons. The van der Waals surface area contributed by atoms with Gasteiger partial charge in [-0.25, -0.2) is 9.59 Å². The Morgan fingerprint density at radius 3 is 2.21 bits per heavy atom. The Hall–Kier alpha value is -3.59. The van der Waals surface area contributed by atoms with Crippen molar-refractivity contribution in [3.8, 4) is 5.75 Å². The van der Waals surface area contributed by atoms with Crippen LogP contribution < -0.4 is 10.1 Å². The van der Waals surface area contributed by atoms with Gasteiger partial charge in [-0.3, -0.25) is 9.69 Å². The van der Waals surface area contributed by atoms with Gasteiger partial charge in [-0.05, 0) is 57.9 Å². The lowest BCUT2D eigenvalue weighted by atomic mass is 9.96. The number of hydrogen-bond donors (Lipinski definition) is 1. The average molecular weight is 527 g/mol. The second-order valence-electron chi connectivity index (χ2n) is 10.2. The van der Waals surface area contributed by atoms with Crippen molar-refractivity contribution in [2.24, 2.45) is 0 Å². The number of nitrogens with zero attached hydrogens (tertiary/aromatic N) is 1. The van der Waals surface area contributed by atoms with Gasteiger partial charge in [0.1, 0.15) is 24.0 Å². The molecular weight excluding hydrogens is 488 g/mol. The normalized spacial score (nSPS) is 19.4. The summed E-state index contributed by atoms with van der Waals surface area (Å²) in [7, 11) is 0. The Morgan fingerprint density at radius 2 is 1.61 bits per heavy atom. The molecule has 2 aromatic rings. The van der Waals surface area contributed by atoms with Gasteiger partial charge in [-0.1, -0.05) is 42.5 Å². The van der Waals surface area contributed by atoms with E-state index in [1.807, 2.05) is 59.5 Å². The van der Waals surface area contributed by atoms with Gasteiger partial charge >= 0.3 is 18.0 Å². The predicted molar refractivity (Wildman–Crippen MR) is 141 cm³/mol. The Labute approximate surface area is 224 Å². The van der Waals surface area contributed by atoms with E-state index in [1.54, 1.807) is 34.6 Å². The summed E-state index contributed by atoms with van der Waals surface area (Å²) in [6.07, 6.45) is -0.753. The van der Waals surface area contributed by atoms with Crippen LogP contribution in [0, 0.1) is 0 Å². The van der Waals surface area contributed by atoms with E-state index >= 15 is 0 Å². The zero-order valence-electron chi connectivity index (χ0n) is 22.8. The number of carbonyl (C=O) groups is 3. The van der Waals surface area contributed by atoms with Gasteiger partial charge in [0.05, 0.1) is 13.2 Å². The first-order valence-electron chi connectivity index (χ1n) is 12.9. The highest BCUT2D eigenvalue weighted by molar-refractivity contribution is 5.89. The van der Waals surface area contributed by atoms with Crippen molar-refractivity contribution in [2.45, 2.75) is 71.4 Å². The average Bonchev–Trinajstić information content (AvgIpc) is 3.22. The highest BCUT2D eigenvalue weighted by atomic mass is 16.6. The number of likely N-dealkylation sites (tertiary alicyclic amines) is 1. The van der Waals surface area contributed by atoms with Crippen LogP contribution in [0.25, 0.3) is 0 Å². The summed E-state index contributed by atoms with van der Waals surface area (Å²) < 4.78 is 21.9. The van der Waals surface area contributed by atoms with Gasteiger partial charge in [-0.2, -0.15) is 0 Å². The number of esters is 2. The van der Waals surface area contributed by atoms with Crippen LogP contribution in [-0.4, -0.2) is 59.9 Å². The van der Waals surface area contributed by atoms with Gasteiger partial charge in [-0.15, -0.1) is 0 Å². The molecule has 0 saturated carbocycles. The molecule has 1 saturated heterocycles. The number of amides is 1. The molecule has 38 heavy (non-hydrogen) atoms. The van der Waals surface area contributed by atoms with Crippen LogP contribution in [0.3, 0.4) is 0 Å². The molecule has 9 heteroatoms. The first kappa shape index (κ1) is 29.0. The molecule has 3 rings (SSSR count). The Bertz CT molecular complexity index is 1080. The summed E-state index contributed by atoms with van der Waals surface area (Å²) in [5.74, 6) is -0.367. The zero-order chi connectivity index (χ0) is 27.8. The van der Waals surface area contributed by atoms with E-state index < -0.39 is 35.2 Å². The molecular formula is C29H38N2O7. The van der Waals surface area contributed by atoms with Crippen LogP contribution in [0.2, 0.25) is 0 Å². The minimum atomic E-state index is -1.46. The summed E-state index contributed by atoms with van der Waals surface area (Å²) in [6.45, 7) is 9.81. The smallest absolute Gasteiger partial charge is 0.408 e. The maximum Gasteiger partial charge on any atom is 0.408 e. The maximum atomic E-state index is 13.1. The molecule has 1 aliphatic rings. The highest BCUT2D eigenvalue weighted by Crippen LogP contribution is 2.32. The van der Waals surface area contributed by atoms with Crippen LogP contribution in [0.1, 0.15) is 52.2 Å². The second-order valence-corrected chi connectivity index (χ2v) is 10.2. The Balaban J connectivity index is 1.78. The third-order valence-corrected chi connectivity index (χ3v) is 5.98. The van der Waals surface area contributed by atoms with Crippen molar-refractivity contribution in [2.75, 3.05) is 19.8 Å². The number of benzene rings is 2. The standard InChI is InChI=1S/C29H38N2O7/c1-6-35-25(32)24-17-29(26(33)36-7-2,30-27(34)38-28(3,4)5)20-31(24)18-21-13-15-23(16-14-21)37-19-22-11-9-8-10-12-22/h8-16,24H,6-7,17-20H2,1-5H3,(H,30,34). The van der Waals surface area contributed by atoms with Crippen LogP contribution in [0.5, 0.6) is 5.75 Å². The molecule has 1 N–H and O–H groups in total. The van der Waals surface area contributed by atoms with Crippen LogP contribution >= 0.6 is 0 Å². The largest absolute Gasteiger partial charge is 0.489 e. The van der Waals surface area contributed by atoms with Gasteiger partial charge in [0, 0.05) is 19.5 Å². The lowest BCUT2D eigenvalue weighted by Gasteiger charge is -2.30. The molecule has 1 aliphatic heterocycles. The van der Waals surface area contributed by atoms with Crippen molar-refractivity contribution in [1.29, 1.82) is 0 Å². The highest BCUT2D eigenvalue weighted by Gasteiger charge is 2.54. The van der Waals surface area contributed by atoms with Gasteiger partial charge in [0.15, 0.2) is 5.54 Å². The molecule has 1 heterocycles. The first-order valence-corrected chi connectivity index (χ1v) is 12.9.